The molecule has 2 aromatic rings. The maximum absolute atomic E-state index is 11.8. The van der Waals surface area contributed by atoms with Gasteiger partial charge in [-0.15, -0.1) is 0 Å². The number of rotatable bonds is 4. The molecule has 0 aliphatic heterocycles. The number of nitrogens with one attached hydrogen (secondary N) is 1. The third-order valence-corrected chi connectivity index (χ3v) is 2.99. The van der Waals surface area contributed by atoms with E-state index in [0.29, 0.717) is 17.9 Å². The third kappa shape index (κ3) is 3.55. The molecule has 19 heavy (non-hydrogen) atoms. The van der Waals surface area contributed by atoms with Gasteiger partial charge in [-0.3, -0.25) is 4.79 Å². The molecule has 1 aromatic heterocycles. The van der Waals surface area contributed by atoms with Crippen LogP contribution in [-0.2, 0) is 6.42 Å². The molecule has 3 N–H and O–H groups in total. The molecule has 0 saturated heterocycles. The number of pyridine rings is 1. The molecule has 0 spiro atoms. The fraction of sp³-hybridized carbons (Fsp3) is 0.200. The Balaban J connectivity index is 1.88. The molecule has 4 nitrogen and oxygen atoms in total. The fourth-order valence-corrected chi connectivity index (χ4v) is 1.84. The standard InChI is InChI=1S/C15H17N3O/c1-11-4-2-3-5-12(11)8-9-17-15(19)13-6-7-14(16)18-10-13/h2-7,10H,8-9H2,1H3,(H2,16,18)(H,17,19). The molecule has 0 radical (unpaired) electrons. The Bertz CT molecular complexity index is 564. The summed E-state index contributed by atoms with van der Waals surface area (Å²) in [5.41, 5.74) is 8.49. The molecular weight excluding hydrogens is 238 g/mol. The van der Waals surface area contributed by atoms with Crippen LogP contribution in [0.1, 0.15) is 21.5 Å². The van der Waals surface area contributed by atoms with Crippen molar-refractivity contribution in [3.8, 4) is 0 Å². The van der Waals surface area contributed by atoms with Gasteiger partial charge in [0.2, 0.25) is 0 Å². The summed E-state index contributed by atoms with van der Waals surface area (Å²) in [4.78, 5) is 15.7. The van der Waals surface area contributed by atoms with E-state index in [1.165, 1.54) is 17.3 Å². The highest BCUT2D eigenvalue weighted by Gasteiger charge is 2.05. The highest BCUT2D eigenvalue weighted by atomic mass is 16.1. The zero-order chi connectivity index (χ0) is 13.7. The summed E-state index contributed by atoms with van der Waals surface area (Å²) in [6, 6.07) is 11.5. The maximum atomic E-state index is 11.8. The number of carbonyl (C=O) groups is 1. The number of hydrogen-bond donors (Lipinski definition) is 2. The number of benzene rings is 1. The van der Waals surface area contributed by atoms with Gasteiger partial charge >= 0.3 is 0 Å². The number of nitrogens with zero attached hydrogens (tertiary/aromatic N) is 1. The molecule has 98 valence electrons. The summed E-state index contributed by atoms with van der Waals surface area (Å²) in [5, 5.41) is 2.87. The first kappa shape index (κ1) is 13.1. The molecule has 2 rings (SSSR count). The van der Waals surface area contributed by atoms with Crippen LogP contribution in [0.15, 0.2) is 42.6 Å². The van der Waals surface area contributed by atoms with Gasteiger partial charge in [-0.1, -0.05) is 24.3 Å². The van der Waals surface area contributed by atoms with E-state index in [4.69, 9.17) is 5.73 Å². The van der Waals surface area contributed by atoms with Crippen molar-refractivity contribution in [3.63, 3.8) is 0 Å². The first-order chi connectivity index (χ1) is 9.16. The van der Waals surface area contributed by atoms with Gasteiger partial charge in [-0.2, -0.15) is 0 Å². The van der Waals surface area contributed by atoms with E-state index < -0.39 is 0 Å². The van der Waals surface area contributed by atoms with Crippen molar-refractivity contribution < 1.29 is 4.79 Å². The second-order valence-electron chi connectivity index (χ2n) is 4.40. The van der Waals surface area contributed by atoms with Crippen molar-refractivity contribution in [2.45, 2.75) is 13.3 Å². The minimum Gasteiger partial charge on any atom is -0.384 e. The van der Waals surface area contributed by atoms with Gasteiger partial charge in [-0.05, 0) is 36.6 Å². The number of carbonyl (C=O) groups excluding carboxylic acids is 1. The number of nitrogen functional groups attached to an aromatic ring is 1. The zero-order valence-electron chi connectivity index (χ0n) is 10.9. The number of aromatic nitrogens is 1. The van der Waals surface area contributed by atoms with E-state index in [1.54, 1.807) is 12.1 Å². The molecule has 0 aliphatic carbocycles. The number of amides is 1. The zero-order valence-corrected chi connectivity index (χ0v) is 10.9. The largest absolute Gasteiger partial charge is 0.384 e. The van der Waals surface area contributed by atoms with Gasteiger partial charge in [0.05, 0.1) is 5.56 Å². The van der Waals surface area contributed by atoms with Crippen LogP contribution in [0.5, 0.6) is 0 Å². The monoisotopic (exact) mass is 255 g/mol. The molecule has 1 aromatic carbocycles. The number of hydrogen-bond acceptors (Lipinski definition) is 3. The molecule has 1 amide bonds. The molecule has 4 heteroatoms. The molecule has 0 saturated carbocycles. The van der Waals surface area contributed by atoms with E-state index in [1.807, 2.05) is 12.1 Å². The summed E-state index contributed by atoms with van der Waals surface area (Å²) < 4.78 is 0. The van der Waals surface area contributed by atoms with Gasteiger partial charge in [0.15, 0.2) is 0 Å². The van der Waals surface area contributed by atoms with Crippen LogP contribution in [0, 0.1) is 6.92 Å². The molecule has 0 bridgehead atoms. The van der Waals surface area contributed by atoms with E-state index >= 15 is 0 Å². The Hall–Kier alpha value is -2.36. The first-order valence-electron chi connectivity index (χ1n) is 6.21. The van der Waals surface area contributed by atoms with Gasteiger partial charge in [0.25, 0.3) is 5.91 Å². The van der Waals surface area contributed by atoms with Gasteiger partial charge in [-0.25, -0.2) is 4.98 Å². The van der Waals surface area contributed by atoms with E-state index in [9.17, 15) is 4.79 Å². The van der Waals surface area contributed by atoms with Crippen molar-refractivity contribution >= 4 is 11.7 Å². The van der Waals surface area contributed by atoms with Crippen LogP contribution >= 0.6 is 0 Å². The lowest BCUT2D eigenvalue weighted by Gasteiger charge is -2.07. The Morgan fingerprint density at radius 2 is 2.05 bits per heavy atom. The summed E-state index contributed by atoms with van der Waals surface area (Å²) in [6.45, 7) is 2.68. The maximum Gasteiger partial charge on any atom is 0.252 e. The highest BCUT2D eigenvalue weighted by Crippen LogP contribution is 2.07. The van der Waals surface area contributed by atoms with E-state index in [2.05, 4.69) is 29.4 Å². The average molecular weight is 255 g/mol. The summed E-state index contributed by atoms with van der Waals surface area (Å²) in [6.07, 6.45) is 2.30. The minimum atomic E-state index is -0.124. The van der Waals surface area contributed by atoms with Gasteiger partial charge < -0.3 is 11.1 Å². The lowest BCUT2D eigenvalue weighted by molar-refractivity contribution is 0.0954. The van der Waals surface area contributed by atoms with Crippen LogP contribution in [0.2, 0.25) is 0 Å². The highest BCUT2D eigenvalue weighted by molar-refractivity contribution is 5.93. The summed E-state index contributed by atoms with van der Waals surface area (Å²) in [7, 11) is 0. The van der Waals surface area contributed by atoms with Crippen molar-refractivity contribution in [1.82, 2.24) is 10.3 Å². The average Bonchev–Trinajstić information content (AvgIpc) is 2.41. The van der Waals surface area contributed by atoms with Crippen molar-refractivity contribution in [2.24, 2.45) is 0 Å². The molecule has 0 fully saturated rings. The smallest absolute Gasteiger partial charge is 0.252 e. The van der Waals surface area contributed by atoms with Crippen LogP contribution < -0.4 is 11.1 Å². The Labute approximate surface area is 112 Å². The molecule has 1 heterocycles. The van der Waals surface area contributed by atoms with Crippen LogP contribution in [-0.4, -0.2) is 17.4 Å². The second-order valence-corrected chi connectivity index (χ2v) is 4.40. The third-order valence-electron chi connectivity index (χ3n) is 2.99. The topological polar surface area (TPSA) is 68.0 Å². The predicted molar refractivity (Wildman–Crippen MR) is 75.9 cm³/mol. The molecule has 0 aliphatic rings. The first-order valence-corrected chi connectivity index (χ1v) is 6.21. The molecule has 0 atom stereocenters. The van der Waals surface area contributed by atoms with Gasteiger partial charge in [0, 0.05) is 12.7 Å². The lowest BCUT2D eigenvalue weighted by atomic mass is 10.1. The van der Waals surface area contributed by atoms with Crippen molar-refractivity contribution in [2.75, 3.05) is 12.3 Å². The number of aryl methyl sites for hydroxylation is 1. The minimum absolute atomic E-state index is 0.124. The van der Waals surface area contributed by atoms with Crippen LogP contribution in [0.25, 0.3) is 0 Å². The Morgan fingerprint density at radius 1 is 1.26 bits per heavy atom. The molecular formula is C15H17N3O. The van der Waals surface area contributed by atoms with Crippen molar-refractivity contribution in [1.29, 1.82) is 0 Å². The number of nitrogens with two attached hydrogens (primary N) is 1. The normalized spacial score (nSPS) is 10.2. The van der Waals surface area contributed by atoms with Gasteiger partial charge in [0.1, 0.15) is 5.82 Å². The fourth-order valence-electron chi connectivity index (χ4n) is 1.84. The summed E-state index contributed by atoms with van der Waals surface area (Å²) >= 11 is 0. The lowest BCUT2D eigenvalue weighted by Crippen LogP contribution is -2.26. The molecule has 0 unspecified atom stereocenters. The van der Waals surface area contributed by atoms with Crippen molar-refractivity contribution in [3.05, 3.63) is 59.3 Å². The predicted octanol–water partition coefficient (Wildman–Crippen LogP) is 1.94. The van der Waals surface area contributed by atoms with Crippen LogP contribution in [0.4, 0.5) is 5.82 Å². The Kier molecular flexibility index (Phi) is 4.13. The Morgan fingerprint density at radius 3 is 2.74 bits per heavy atom. The quantitative estimate of drug-likeness (QED) is 0.877. The van der Waals surface area contributed by atoms with E-state index in [-0.39, 0.29) is 5.91 Å². The van der Waals surface area contributed by atoms with Crippen LogP contribution in [0.3, 0.4) is 0 Å². The number of anilines is 1. The summed E-state index contributed by atoms with van der Waals surface area (Å²) in [5.74, 6) is 0.289. The SMILES string of the molecule is Cc1ccccc1CCNC(=O)c1ccc(N)nc1. The van der Waals surface area contributed by atoms with E-state index in [0.717, 1.165) is 6.42 Å². The second kappa shape index (κ2) is 6.00.